The molecule has 0 amide bonds. The Morgan fingerprint density at radius 1 is 1.24 bits per heavy atom. The number of halogens is 2. The summed E-state index contributed by atoms with van der Waals surface area (Å²) in [6.45, 7) is 10.0. The lowest BCUT2D eigenvalue weighted by molar-refractivity contribution is 0.272. The van der Waals surface area contributed by atoms with Crippen LogP contribution in [0.25, 0.3) is 5.57 Å². The summed E-state index contributed by atoms with van der Waals surface area (Å²) in [6, 6.07) is 12.6. The van der Waals surface area contributed by atoms with Gasteiger partial charge in [-0.15, -0.1) is 6.58 Å². The van der Waals surface area contributed by atoms with Gasteiger partial charge in [-0.3, -0.25) is 0 Å². The predicted molar refractivity (Wildman–Crippen MR) is 106 cm³/mol. The van der Waals surface area contributed by atoms with Crippen LogP contribution in [0.2, 0.25) is 0 Å². The van der Waals surface area contributed by atoms with Gasteiger partial charge in [-0.25, -0.2) is 4.39 Å². The molecule has 0 aliphatic heterocycles. The molecule has 2 nitrogen and oxygen atoms in total. The summed E-state index contributed by atoms with van der Waals surface area (Å²) >= 11 is 3.39. The van der Waals surface area contributed by atoms with E-state index in [1.165, 1.54) is 6.07 Å². The zero-order valence-electron chi connectivity index (χ0n) is 14.5. The number of hydrogen-bond acceptors (Lipinski definition) is 2. The average Bonchev–Trinajstić information content (AvgIpc) is 2.59. The smallest absolute Gasteiger partial charge is 0.134 e. The van der Waals surface area contributed by atoms with E-state index in [-0.39, 0.29) is 5.82 Å². The van der Waals surface area contributed by atoms with E-state index in [1.54, 1.807) is 12.1 Å². The molecule has 0 unspecified atom stereocenters. The van der Waals surface area contributed by atoms with Crippen LogP contribution in [0.1, 0.15) is 17.5 Å². The fourth-order valence-corrected chi connectivity index (χ4v) is 2.74. The summed E-state index contributed by atoms with van der Waals surface area (Å²) in [7, 11) is 2.03. The summed E-state index contributed by atoms with van der Waals surface area (Å²) in [5, 5.41) is 0. The van der Waals surface area contributed by atoms with Crippen LogP contribution >= 0.6 is 15.9 Å². The number of nitrogens with zero attached hydrogens (tertiary/aromatic N) is 1. The third-order valence-electron chi connectivity index (χ3n) is 3.85. The lowest BCUT2D eigenvalue weighted by Crippen LogP contribution is -2.21. The number of likely N-dealkylation sites (N-methyl/N-ethyl adjacent to an activating group) is 1. The van der Waals surface area contributed by atoms with Crippen LogP contribution in [0.5, 0.6) is 5.75 Å². The second-order valence-electron chi connectivity index (χ2n) is 5.88. The fourth-order valence-electron chi connectivity index (χ4n) is 2.47. The largest absolute Gasteiger partial charge is 0.493 e. The van der Waals surface area contributed by atoms with Gasteiger partial charge in [0.1, 0.15) is 11.6 Å². The quantitative estimate of drug-likeness (QED) is 0.402. The number of hydrogen-bond donors (Lipinski definition) is 0. The van der Waals surface area contributed by atoms with Gasteiger partial charge >= 0.3 is 0 Å². The van der Waals surface area contributed by atoms with Gasteiger partial charge in [0.05, 0.1) is 6.61 Å². The van der Waals surface area contributed by atoms with Crippen molar-refractivity contribution >= 4 is 21.5 Å². The van der Waals surface area contributed by atoms with Gasteiger partial charge in [-0.2, -0.15) is 0 Å². The van der Waals surface area contributed by atoms with Crippen LogP contribution in [0.4, 0.5) is 4.39 Å². The Kier molecular flexibility index (Phi) is 7.41. The molecule has 132 valence electrons. The predicted octanol–water partition coefficient (Wildman–Crippen LogP) is 5.54. The van der Waals surface area contributed by atoms with Crippen molar-refractivity contribution in [3.63, 3.8) is 0 Å². The molecule has 0 N–H and O–H groups in total. The average molecular weight is 404 g/mol. The summed E-state index contributed by atoms with van der Waals surface area (Å²) in [5.74, 6) is 0.213. The first kappa shape index (κ1) is 19.4. The Morgan fingerprint density at radius 3 is 2.60 bits per heavy atom. The first-order valence-corrected chi connectivity index (χ1v) is 8.97. The highest BCUT2D eigenvalue weighted by molar-refractivity contribution is 9.10. The maximum Gasteiger partial charge on any atom is 0.134 e. The highest BCUT2D eigenvalue weighted by Crippen LogP contribution is 2.27. The normalized spacial score (nSPS) is 10.7. The van der Waals surface area contributed by atoms with Gasteiger partial charge in [0, 0.05) is 29.2 Å². The maximum absolute atomic E-state index is 14.4. The van der Waals surface area contributed by atoms with Crippen LogP contribution in [0, 0.1) is 5.82 Å². The molecule has 4 heteroatoms. The number of ether oxygens (including phenoxy) is 1. The summed E-state index contributed by atoms with van der Waals surface area (Å²) < 4.78 is 21.1. The van der Waals surface area contributed by atoms with Crippen molar-refractivity contribution in [2.24, 2.45) is 0 Å². The Balaban J connectivity index is 1.94. The monoisotopic (exact) mass is 403 g/mol. The second-order valence-corrected chi connectivity index (χ2v) is 6.80. The third-order valence-corrected chi connectivity index (χ3v) is 4.38. The molecular formula is C21H23BrFNO. The van der Waals surface area contributed by atoms with Gasteiger partial charge in [-0.05, 0) is 48.9 Å². The first-order chi connectivity index (χ1) is 12.0. The van der Waals surface area contributed by atoms with E-state index >= 15 is 0 Å². The van der Waals surface area contributed by atoms with Gasteiger partial charge in [0.2, 0.25) is 0 Å². The van der Waals surface area contributed by atoms with Crippen molar-refractivity contribution in [1.82, 2.24) is 4.90 Å². The molecule has 0 bridgehead atoms. The summed E-state index contributed by atoms with van der Waals surface area (Å²) in [5.41, 5.74) is 2.03. The lowest BCUT2D eigenvalue weighted by atomic mass is 9.99. The maximum atomic E-state index is 14.4. The molecule has 0 spiro atoms. The van der Waals surface area contributed by atoms with Crippen LogP contribution in [-0.2, 0) is 0 Å². The second kappa shape index (κ2) is 9.54. The first-order valence-electron chi connectivity index (χ1n) is 8.18. The Morgan fingerprint density at radius 2 is 1.96 bits per heavy atom. The van der Waals surface area contributed by atoms with E-state index in [1.807, 2.05) is 37.4 Å². The molecular weight excluding hydrogens is 381 g/mol. The van der Waals surface area contributed by atoms with Crippen molar-refractivity contribution in [3.8, 4) is 5.75 Å². The zero-order valence-corrected chi connectivity index (χ0v) is 16.1. The van der Waals surface area contributed by atoms with Crippen molar-refractivity contribution in [2.45, 2.75) is 6.42 Å². The van der Waals surface area contributed by atoms with E-state index in [0.29, 0.717) is 23.5 Å². The standard InChI is InChI=1S/C21H23BrFNO/c1-4-12-24(3)13-5-14-25-19-10-11-20(21(23)15-19)16(2)17-6-8-18(22)9-7-17/h4,6-11,15H,1-2,5,12-14H2,3H3. The van der Waals surface area contributed by atoms with Crippen LogP contribution in [-0.4, -0.2) is 31.6 Å². The molecule has 0 radical (unpaired) electrons. The molecule has 0 aromatic heterocycles. The molecule has 0 aliphatic rings. The lowest BCUT2D eigenvalue weighted by Gasteiger charge is -2.14. The van der Waals surface area contributed by atoms with Crippen molar-refractivity contribution in [3.05, 3.63) is 83.1 Å². The van der Waals surface area contributed by atoms with E-state index in [9.17, 15) is 4.39 Å². The molecule has 0 saturated carbocycles. The van der Waals surface area contributed by atoms with E-state index in [0.717, 1.165) is 29.5 Å². The van der Waals surface area contributed by atoms with Gasteiger partial charge in [0.25, 0.3) is 0 Å². The molecule has 2 rings (SSSR count). The topological polar surface area (TPSA) is 12.5 Å². The Bertz CT molecular complexity index is 727. The van der Waals surface area contributed by atoms with E-state index in [4.69, 9.17) is 4.74 Å². The van der Waals surface area contributed by atoms with E-state index < -0.39 is 0 Å². The summed E-state index contributed by atoms with van der Waals surface area (Å²) in [6.07, 6.45) is 2.74. The highest BCUT2D eigenvalue weighted by Gasteiger charge is 2.10. The molecule has 0 saturated heterocycles. The molecule has 25 heavy (non-hydrogen) atoms. The van der Waals surface area contributed by atoms with Crippen molar-refractivity contribution in [2.75, 3.05) is 26.7 Å². The van der Waals surface area contributed by atoms with E-state index in [2.05, 4.69) is 34.0 Å². The summed E-state index contributed by atoms with van der Waals surface area (Å²) in [4.78, 5) is 2.16. The third kappa shape index (κ3) is 5.83. The minimum Gasteiger partial charge on any atom is -0.493 e. The molecule has 2 aromatic carbocycles. The Hall–Kier alpha value is -1.91. The fraction of sp³-hybridized carbons (Fsp3) is 0.238. The minimum atomic E-state index is -0.325. The highest BCUT2D eigenvalue weighted by atomic mass is 79.9. The Labute approximate surface area is 157 Å². The SMILES string of the molecule is C=CCN(C)CCCOc1ccc(C(=C)c2ccc(Br)cc2)c(F)c1. The minimum absolute atomic E-state index is 0.325. The van der Waals surface area contributed by atoms with Crippen molar-refractivity contribution in [1.29, 1.82) is 0 Å². The molecule has 2 aromatic rings. The van der Waals surface area contributed by atoms with Crippen molar-refractivity contribution < 1.29 is 9.13 Å². The molecule has 0 atom stereocenters. The van der Waals surface area contributed by atoms with Crippen LogP contribution in [0.3, 0.4) is 0 Å². The zero-order chi connectivity index (χ0) is 18.2. The van der Waals surface area contributed by atoms with Gasteiger partial charge < -0.3 is 9.64 Å². The molecule has 0 heterocycles. The molecule has 0 fully saturated rings. The van der Waals surface area contributed by atoms with Gasteiger partial charge in [-0.1, -0.05) is 40.7 Å². The van der Waals surface area contributed by atoms with Crippen LogP contribution < -0.4 is 4.74 Å². The number of rotatable bonds is 9. The number of benzene rings is 2. The van der Waals surface area contributed by atoms with Crippen LogP contribution in [0.15, 0.2) is 66.2 Å². The van der Waals surface area contributed by atoms with Gasteiger partial charge in [0.15, 0.2) is 0 Å². The molecule has 0 aliphatic carbocycles.